The Kier molecular flexibility index (Phi) is 3.20. The molecule has 1 aromatic carbocycles. The van der Waals surface area contributed by atoms with Crippen LogP contribution < -0.4 is 11.1 Å². The molecule has 0 radical (unpaired) electrons. The Hall–Kier alpha value is -1.71. The van der Waals surface area contributed by atoms with E-state index in [-0.39, 0.29) is 5.56 Å². The van der Waals surface area contributed by atoms with Gasteiger partial charge in [0.15, 0.2) is 0 Å². The summed E-state index contributed by atoms with van der Waals surface area (Å²) in [6.07, 6.45) is 3.49. The predicted molar refractivity (Wildman–Crippen MR) is 72.9 cm³/mol. The van der Waals surface area contributed by atoms with Gasteiger partial charge in [-0.05, 0) is 42.9 Å². The molecule has 0 aliphatic heterocycles. The summed E-state index contributed by atoms with van der Waals surface area (Å²) in [5.41, 5.74) is 7.49. The van der Waals surface area contributed by atoms with Crippen molar-refractivity contribution in [3.05, 3.63) is 23.8 Å². The van der Waals surface area contributed by atoms with E-state index in [1.165, 1.54) is 6.42 Å². The Bertz CT molecular complexity index is 469. The second-order valence-electron chi connectivity index (χ2n) is 5.86. The van der Waals surface area contributed by atoms with Crippen LogP contribution in [0.3, 0.4) is 0 Å². The van der Waals surface area contributed by atoms with Crippen molar-refractivity contribution in [1.29, 1.82) is 0 Å². The Morgan fingerprint density at radius 1 is 1.50 bits per heavy atom. The molecule has 0 saturated heterocycles. The molecular weight excluding hydrogens is 228 g/mol. The molecule has 0 spiro atoms. The topological polar surface area (TPSA) is 75.3 Å². The second kappa shape index (κ2) is 4.52. The van der Waals surface area contributed by atoms with Crippen molar-refractivity contribution in [2.24, 2.45) is 5.41 Å². The number of carboxylic acid groups (broad SMARTS) is 1. The van der Waals surface area contributed by atoms with Gasteiger partial charge in [0.2, 0.25) is 0 Å². The van der Waals surface area contributed by atoms with Crippen LogP contribution in [0.5, 0.6) is 0 Å². The van der Waals surface area contributed by atoms with Gasteiger partial charge >= 0.3 is 5.97 Å². The van der Waals surface area contributed by atoms with Gasteiger partial charge in [0.25, 0.3) is 0 Å². The molecule has 1 aliphatic rings. The molecule has 2 rings (SSSR count). The van der Waals surface area contributed by atoms with Crippen LogP contribution >= 0.6 is 0 Å². The number of nitrogens with one attached hydrogen (secondary N) is 1. The van der Waals surface area contributed by atoms with Crippen LogP contribution in [0.25, 0.3) is 0 Å². The lowest BCUT2D eigenvalue weighted by atomic mass is 9.92. The molecule has 0 aromatic heterocycles. The highest BCUT2D eigenvalue weighted by Crippen LogP contribution is 2.38. The van der Waals surface area contributed by atoms with E-state index in [1.807, 2.05) is 0 Å². The maximum atomic E-state index is 10.9. The van der Waals surface area contributed by atoms with Crippen molar-refractivity contribution in [3.8, 4) is 0 Å². The highest BCUT2D eigenvalue weighted by molar-refractivity contribution is 5.94. The van der Waals surface area contributed by atoms with Crippen LogP contribution in [0.2, 0.25) is 0 Å². The average Bonchev–Trinajstić information content (AvgIpc) is 2.57. The van der Waals surface area contributed by atoms with Gasteiger partial charge in [0.05, 0.1) is 5.56 Å². The van der Waals surface area contributed by atoms with Gasteiger partial charge in [-0.15, -0.1) is 0 Å². The number of nitrogens with two attached hydrogens (primary N) is 1. The minimum absolute atomic E-state index is 0.160. The fourth-order valence-electron chi connectivity index (χ4n) is 2.64. The molecule has 1 saturated carbocycles. The molecule has 1 atom stereocenters. The molecule has 4 N–H and O–H groups in total. The van der Waals surface area contributed by atoms with Crippen molar-refractivity contribution in [3.63, 3.8) is 0 Å². The summed E-state index contributed by atoms with van der Waals surface area (Å²) < 4.78 is 0. The SMILES string of the molecule is CC1(C)CCC(Nc2ccc(C(=O)O)c(N)c2)C1. The van der Waals surface area contributed by atoms with E-state index in [4.69, 9.17) is 10.8 Å². The van der Waals surface area contributed by atoms with Crippen LogP contribution in [-0.2, 0) is 0 Å². The minimum Gasteiger partial charge on any atom is -0.478 e. The van der Waals surface area contributed by atoms with E-state index in [0.29, 0.717) is 17.1 Å². The van der Waals surface area contributed by atoms with Gasteiger partial charge in [-0.2, -0.15) is 0 Å². The van der Waals surface area contributed by atoms with Crippen molar-refractivity contribution < 1.29 is 9.90 Å². The number of nitrogen functional groups attached to an aromatic ring is 1. The standard InChI is InChI=1S/C14H20N2O2/c1-14(2)6-5-10(8-14)16-9-3-4-11(13(17)18)12(15)7-9/h3-4,7,10,16H,5-6,8,15H2,1-2H3,(H,17,18). The second-order valence-corrected chi connectivity index (χ2v) is 5.86. The summed E-state index contributed by atoms with van der Waals surface area (Å²) in [6, 6.07) is 5.50. The first-order valence-electron chi connectivity index (χ1n) is 6.27. The smallest absolute Gasteiger partial charge is 0.337 e. The molecular formula is C14H20N2O2. The highest BCUT2D eigenvalue weighted by Gasteiger charge is 2.30. The molecule has 4 nitrogen and oxygen atoms in total. The Morgan fingerprint density at radius 3 is 2.72 bits per heavy atom. The quantitative estimate of drug-likeness (QED) is 0.719. The van der Waals surface area contributed by atoms with Gasteiger partial charge in [-0.1, -0.05) is 13.8 Å². The number of rotatable bonds is 3. The van der Waals surface area contributed by atoms with E-state index in [2.05, 4.69) is 19.2 Å². The monoisotopic (exact) mass is 248 g/mol. The maximum absolute atomic E-state index is 10.9. The minimum atomic E-state index is -0.985. The number of carboxylic acids is 1. The Labute approximate surface area is 107 Å². The zero-order chi connectivity index (χ0) is 13.3. The van der Waals surface area contributed by atoms with Crippen LogP contribution in [0.1, 0.15) is 43.5 Å². The van der Waals surface area contributed by atoms with Gasteiger partial charge < -0.3 is 16.2 Å². The predicted octanol–water partition coefficient (Wildman–Crippen LogP) is 2.96. The summed E-state index contributed by atoms with van der Waals surface area (Å²) in [6.45, 7) is 4.55. The molecule has 1 aromatic rings. The lowest BCUT2D eigenvalue weighted by Crippen LogP contribution is -2.17. The number of benzene rings is 1. The van der Waals surface area contributed by atoms with Crippen LogP contribution in [0, 0.1) is 5.41 Å². The molecule has 98 valence electrons. The average molecular weight is 248 g/mol. The van der Waals surface area contributed by atoms with Crippen LogP contribution in [-0.4, -0.2) is 17.1 Å². The number of anilines is 2. The number of hydrogen-bond donors (Lipinski definition) is 3. The zero-order valence-corrected chi connectivity index (χ0v) is 10.9. The van der Waals surface area contributed by atoms with E-state index >= 15 is 0 Å². The molecule has 4 heteroatoms. The van der Waals surface area contributed by atoms with Crippen molar-refractivity contribution >= 4 is 17.3 Å². The summed E-state index contributed by atoms with van der Waals surface area (Å²) in [5.74, 6) is -0.985. The number of hydrogen-bond acceptors (Lipinski definition) is 3. The number of carbonyl (C=O) groups is 1. The molecule has 0 amide bonds. The molecule has 1 fully saturated rings. The van der Waals surface area contributed by atoms with Crippen molar-refractivity contribution in [2.45, 2.75) is 39.2 Å². The van der Waals surface area contributed by atoms with Gasteiger partial charge in [0.1, 0.15) is 0 Å². The molecule has 0 heterocycles. The summed E-state index contributed by atoms with van der Waals surface area (Å²) >= 11 is 0. The summed E-state index contributed by atoms with van der Waals surface area (Å²) in [4.78, 5) is 10.9. The maximum Gasteiger partial charge on any atom is 0.337 e. The van der Waals surface area contributed by atoms with E-state index in [1.54, 1.807) is 18.2 Å². The lowest BCUT2D eigenvalue weighted by molar-refractivity contribution is 0.0698. The third-order valence-electron chi connectivity index (χ3n) is 3.62. The third kappa shape index (κ3) is 2.75. The molecule has 1 unspecified atom stereocenters. The first-order chi connectivity index (χ1) is 8.37. The lowest BCUT2D eigenvalue weighted by Gasteiger charge is -2.19. The number of aromatic carboxylic acids is 1. The van der Waals surface area contributed by atoms with Crippen LogP contribution in [0.15, 0.2) is 18.2 Å². The Balaban J connectivity index is 2.07. The summed E-state index contributed by atoms with van der Waals surface area (Å²) in [5, 5.41) is 12.3. The molecule has 0 bridgehead atoms. The van der Waals surface area contributed by atoms with E-state index in [9.17, 15) is 4.79 Å². The van der Waals surface area contributed by atoms with Gasteiger partial charge in [-0.3, -0.25) is 0 Å². The molecule has 18 heavy (non-hydrogen) atoms. The van der Waals surface area contributed by atoms with E-state index in [0.717, 1.165) is 18.5 Å². The third-order valence-corrected chi connectivity index (χ3v) is 3.62. The fourth-order valence-corrected chi connectivity index (χ4v) is 2.64. The molecule has 1 aliphatic carbocycles. The van der Waals surface area contributed by atoms with Crippen LogP contribution in [0.4, 0.5) is 11.4 Å². The largest absolute Gasteiger partial charge is 0.478 e. The highest BCUT2D eigenvalue weighted by atomic mass is 16.4. The van der Waals surface area contributed by atoms with Crippen molar-refractivity contribution in [2.75, 3.05) is 11.1 Å². The van der Waals surface area contributed by atoms with Crippen molar-refractivity contribution in [1.82, 2.24) is 0 Å². The fraction of sp³-hybridized carbons (Fsp3) is 0.500. The first-order valence-corrected chi connectivity index (χ1v) is 6.27. The zero-order valence-electron chi connectivity index (χ0n) is 10.9. The summed E-state index contributed by atoms with van der Waals surface area (Å²) in [7, 11) is 0. The Morgan fingerprint density at radius 2 is 2.22 bits per heavy atom. The van der Waals surface area contributed by atoms with Gasteiger partial charge in [-0.25, -0.2) is 4.79 Å². The van der Waals surface area contributed by atoms with E-state index < -0.39 is 5.97 Å². The normalized spacial score (nSPS) is 21.8. The van der Waals surface area contributed by atoms with Gasteiger partial charge in [0, 0.05) is 17.4 Å². The first kappa shape index (κ1) is 12.7.